The molecule has 0 amide bonds. The fourth-order valence-electron chi connectivity index (χ4n) is 2.17. The second-order valence-corrected chi connectivity index (χ2v) is 4.12. The van der Waals surface area contributed by atoms with Gasteiger partial charge in [0.1, 0.15) is 0 Å². The quantitative estimate of drug-likeness (QED) is 0.628. The number of aliphatic imine (C=N–C) groups is 1. The van der Waals surface area contributed by atoms with Gasteiger partial charge in [-0.1, -0.05) is 12.8 Å². The molecular weight excluding hydrogens is 172 g/mol. The summed E-state index contributed by atoms with van der Waals surface area (Å²) in [6, 6.07) is 0. The molecule has 0 aromatic heterocycles. The third-order valence-corrected chi connectivity index (χ3v) is 3.33. The zero-order valence-electron chi connectivity index (χ0n) is 9.71. The van der Waals surface area contributed by atoms with E-state index >= 15 is 0 Å². The van der Waals surface area contributed by atoms with Gasteiger partial charge in [0.15, 0.2) is 0 Å². The molecule has 2 nitrogen and oxygen atoms in total. The predicted molar refractivity (Wildman–Crippen MR) is 62.5 cm³/mol. The average Bonchev–Trinajstić information content (AvgIpc) is 2.71. The van der Waals surface area contributed by atoms with E-state index in [0.717, 1.165) is 6.54 Å². The molecule has 0 radical (unpaired) electrons. The summed E-state index contributed by atoms with van der Waals surface area (Å²) in [5, 5.41) is 0. The lowest BCUT2D eigenvalue weighted by molar-refractivity contribution is 0.425. The first-order chi connectivity index (χ1) is 6.70. The molecule has 1 saturated carbocycles. The van der Waals surface area contributed by atoms with Gasteiger partial charge in [-0.05, 0) is 33.4 Å². The van der Waals surface area contributed by atoms with Crippen LogP contribution < -0.4 is 0 Å². The lowest BCUT2D eigenvalue weighted by Gasteiger charge is -2.22. The van der Waals surface area contributed by atoms with Crippen LogP contribution in [0.5, 0.6) is 0 Å². The van der Waals surface area contributed by atoms with Gasteiger partial charge in [-0.25, -0.2) is 0 Å². The summed E-state index contributed by atoms with van der Waals surface area (Å²) in [5.74, 6) is 0.668. The Balaban J connectivity index is 2.81. The fraction of sp³-hybridized carbons (Fsp3) is 0.750. The SMILES string of the molecule is C=N/C(=C(/C)N(C)CC)C1CCCC1. The number of rotatable bonds is 4. The highest BCUT2D eigenvalue weighted by atomic mass is 15.1. The second-order valence-electron chi connectivity index (χ2n) is 4.12. The van der Waals surface area contributed by atoms with E-state index in [-0.39, 0.29) is 0 Å². The molecule has 1 rings (SSSR count). The van der Waals surface area contributed by atoms with Crippen molar-refractivity contribution in [1.29, 1.82) is 0 Å². The third-order valence-electron chi connectivity index (χ3n) is 3.33. The summed E-state index contributed by atoms with van der Waals surface area (Å²) in [5.41, 5.74) is 2.53. The molecular formula is C12H22N2. The van der Waals surface area contributed by atoms with Gasteiger partial charge in [-0.15, -0.1) is 0 Å². The number of hydrogen-bond acceptors (Lipinski definition) is 2. The molecule has 1 fully saturated rings. The molecule has 0 saturated heterocycles. The van der Waals surface area contributed by atoms with Gasteiger partial charge in [0.05, 0.1) is 5.70 Å². The molecule has 2 heteroatoms. The van der Waals surface area contributed by atoms with E-state index in [1.54, 1.807) is 0 Å². The van der Waals surface area contributed by atoms with E-state index in [1.165, 1.54) is 37.1 Å². The maximum absolute atomic E-state index is 4.23. The molecule has 0 heterocycles. The molecule has 0 aromatic carbocycles. The van der Waals surface area contributed by atoms with Crippen molar-refractivity contribution >= 4 is 6.72 Å². The second kappa shape index (κ2) is 5.18. The molecule has 1 aliphatic carbocycles. The van der Waals surface area contributed by atoms with Crippen molar-refractivity contribution in [1.82, 2.24) is 4.90 Å². The zero-order valence-corrected chi connectivity index (χ0v) is 9.71. The Bertz CT molecular complexity index is 224. The summed E-state index contributed by atoms with van der Waals surface area (Å²) in [4.78, 5) is 6.48. The number of allylic oxidation sites excluding steroid dienone is 2. The van der Waals surface area contributed by atoms with Crippen molar-refractivity contribution in [2.45, 2.75) is 39.5 Å². The molecule has 1 aliphatic rings. The number of hydrogen-bond donors (Lipinski definition) is 0. The Labute approximate surface area is 87.7 Å². The van der Waals surface area contributed by atoms with Crippen LogP contribution >= 0.6 is 0 Å². The van der Waals surface area contributed by atoms with Crippen LogP contribution in [0.2, 0.25) is 0 Å². The van der Waals surface area contributed by atoms with Crippen LogP contribution in [0.1, 0.15) is 39.5 Å². The Morgan fingerprint density at radius 1 is 1.43 bits per heavy atom. The third kappa shape index (κ3) is 2.37. The Morgan fingerprint density at radius 2 is 2.00 bits per heavy atom. The van der Waals surface area contributed by atoms with Crippen LogP contribution in [0.3, 0.4) is 0 Å². The molecule has 14 heavy (non-hydrogen) atoms. The van der Waals surface area contributed by atoms with Gasteiger partial charge in [0.2, 0.25) is 0 Å². The zero-order chi connectivity index (χ0) is 10.6. The maximum atomic E-state index is 4.23. The molecule has 0 spiro atoms. The van der Waals surface area contributed by atoms with Crippen molar-refractivity contribution in [2.75, 3.05) is 13.6 Å². The first-order valence-corrected chi connectivity index (χ1v) is 5.59. The maximum Gasteiger partial charge on any atom is 0.0615 e. The molecule has 0 N–H and O–H groups in total. The molecule has 0 aromatic rings. The van der Waals surface area contributed by atoms with Gasteiger partial charge in [-0.3, -0.25) is 4.99 Å². The van der Waals surface area contributed by atoms with Gasteiger partial charge in [0, 0.05) is 25.2 Å². The normalized spacial score (nSPS) is 19.4. The molecule has 0 unspecified atom stereocenters. The van der Waals surface area contributed by atoms with Crippen LogP contribution in [-0.2, 0) is 0 Å². The average molecular weight is 194 g/mol. The van der Waals surface area contributed by atoms with Crippen LogP contribution in [0.4, 0.5) is 0 Å². The van der Waals surface area contributed by atoms with Crippen molar-refractivity contribution in [2.24, 2.45) is 10.9 Å². The summed E-state index contributed by atoms with van der Waals surface area (Å²) in [7, 11) is 2.12. The van der Waals surface area contributed by atoms with Gasteiger partial charge in [0.25, 0.3) is 0 Å². The van der Waals surface area contributed by atoms with Crippen molar-refractivity contribution in [3.05, 3.63) is 11.4 Å². The van der Waals surface area contributed by atoms with E-state index in [9.17, 15) is 0 Å². The largest absolute Gasteiger partial charge is 0.377 e. The summed E-state index contributed by atoms with van der Waals surface area (Å²) in [6.45, 7) is 9.07. The number of nitrogens with zero attached hydrogens (tertiary/aromatic N) is 2. The summed E-state index contributed by atoms with van der Waals surface area (Å²) < 4.78 is 0. The van der Waals surface area contributed by atoms with E-state index in [1.807, 2.05) is 0 Å². The summed E-state index contributed by atoms with van der Waals surface area (Å²) >= 11 is 0. The molecule has 0 bridgehead atoms. The highest BCUT2D eigenvalue weighted by Crippen LogP contribution is 2.33. The lowest BCUT2D eigenvalue weighted by Crippen LogP contribution is -2.18. The van der Waals surface area contributed by atoms with Crippen LogP contribution in [0, 0.1) is 5.92 Å². The lowest BCUT2D eigenvalue weighted by atomic mass is 10.0. The van der Waals surface area contributed by atoms with Gasteiger partial charge >= 0.3 is 0 Å². The fourth-order valence-corrected chi connectivity index (χ4v) is 2.17. The first kappa shape index (κ1) is 11.3. The minimum atomic E-state index is 0.668. The van der Waals surface area contributed by atoms with Crippen LogP contribution in [0.25, 0.3) is 0 Å². The minimum Gasteiger partial charge on any atom is -0.377 e. The molecule has 0 atom stereocenters. The summed E-state index contributed by atoms with van der Waals surface area (Å²) in [6.07, 6.45) is 5.30. The van der Waals surface area contributed by atoms with Crippen molar-refractivity contribution in [3.63, 3.8) is 0 Å². The Morgan fingerprint density at radius 3 is 2.43 bits per heavy atom. The molecule has 80 valence electrons. The van der Waals surface area contributed by atoms with Crippen molar-refractivity contribution in [3.8, 4) is 0 Å². The minimum absolute atomic E-state index is 0.668. The van der Waals surface area contributed by atoms with E-state index in [2.05, 4.69) is 37.5 Å². The highest BCUT2D eigenvalue weighted by molar-refractivity contribution is 5.31. The predicted octanol–water partition coefficient (Wildman–Crippen LogP) is 3.06. The van der Waals surface area contributed by atoms with Gasteiger partial charge in [-0.2, -0.15) is 0 Å². The smallest absolute Gasteiger partial charge is 0.0615 e. The van der Waals surface area contributed by atoms with Crippen molar-refractivity contribution < 1.29 is 0 Å². The van der Waals surface area contributed by atoms with Crippen LogP contribution in [-0.4, -0.2) is 25.2 Å². The Hall–Kier alpha value is -0.790. The topological polar surface area (TPSA) is 15.6 Å². The van der Waals surface area contributed by atoms with E-state index in [0.29, 0.717) is 5.92 Å². The van der Waals surface area contributed by atoms with Gasteiger partial charge < -0.3 is 4.90 Å². The standard InChI is InChI=1S/C12H22N2/c1-5-14(4)10(2)12(13-3)11-8-6-7-9-11/h11H,3,5-9H2,1-2,4H3/b12-10-. The monoisotopic (exact) mass is 194 g/mol. The van der Waals surface area contributed by atoms with E-state index < -0.39 is 0 Å². The van der Waals surface area contributed by atoms with E-state index in [4.69, 9.17) is 0 Å². The molecule has 0 aliphatic heterocycles. The Kier molecular flexibility index (Phi) is 4.18. The highest BCUT2D eigenvalue weighted by Gasteiger charge is 2.21. The first-order valence-electron chi connectivity index (χ1n) is 5.59. The van der Waals surface area contributed by atoms with Crippen LogP contribution in [0.15, 0.2) is 16.4 Å².